The maximum atomic E-state index is 8.94. The van der Waals surface area contributed by atoms with E-state index in [0.717, 1.165) is 11.3 Å². The second-order valence-electron chi connectivity index (χ2n) is 3.95. The van der Waals surface area contributed by atoms with E-state index in [1.165, 1.54) is 0 Å². The van der Waals surface area contributed by atoms with E-state index in [2.05, 4.69) is 11.4 Å². The first-order chi connectivity index (χ1) is 8.21. The Bertz CT molecular complexity index is 393. The van der Waals surface area contributed by atoms with Gasteiger partial charge in [0.15, 0.2) is 0 Å². The SMILES string of the molecule is COCC(CCO)Nc1ccc(C#N)c(C)c1. The molecule has 0 bridgehead atoms. The molecule has 0 saturated carbocycles. The Balaban J connectivity index is 2.72. The summed E-state index contributed by atoms with van der Waals surface area (Å²) in [6, 6.07) is 7.80. The zero-order chi connectivity index (χ0) is 12.7. The van der Waals surface area contributed by atoms with Gasteiger partial charge in [-0.15, -0.1) is 0 Å². The summed E-state index contributed by atoms with van der Waals surface area (Å²) >= 11 is 0. The minimum Gasteiger partial charge on any atom is -0.396 e. The van der Waals surface area contributed by atoms with E-state index in [1.807, 2.05) is 19.1 Å². The highest BCUT2D eigenvalue weighted by Gasteiger charge is 2.08. The van der Waals surface area contributed by atoms with Gasteiger partial charge >= 0.3 is 0 Å². The molecule has 0 heterocycles. The number of aryl methyl sites for hydroxylation is 1. The summed E-state index contributed by atoms with van der Waals surface area (Å²) in [5.41, 5.74) is 2.57. The fourth-order valence-electron chi connectivity index (χ4n) is 1.67. The summed E-state index contributed by atoms with van der Waals surface area (Å²) in [6.07, 6.45) is 0.632. The molecule has 1 aromatic carbocycles. The quantitative estimate of drug-likeness (QED) is 0.786. The number of hydrogen-bond acceptors (Lipinski definition) is 4. The van der Waals surface area contributed by atoms with Gasteiger partial charge in [0.2, 0.25) is 0 Å². The van der Waals surface area contributed by atoms with Crippen LogP contribution in [0, 0.1) is 18.3 Å². The lowest BCUT2D eigenvalue weighted by Gasteiger charge is -2.18. The number of methoxy groups -OCH3 is 1. The fraction of sp³-hybridized carbons (Fsp3) is 0.462. The third-order valence-electron chi connectivity index (χ3n) is 2.56. The molecule has 1 aromatic rings. The van der Waals surface area contributed by atoms with Crippen LogP contribution in [0.2, 0.25) is 0 Å². The molecule has 2 N–H and O–H groups in total. The van der Waals surface area contributed by atoms with E-state index >= 15 is 0 Å². The third kappa shape index (κ3) is 4.06. The summed E-state index contributed by atoms with van der Waals surface area (Å²) in [4.78, 5) is 0. The first-order valence-corrected chi connectivity index (χ1v) is 5.58. The van der Waals surface area contributed by atoms with E-state index in [-0.39, 0.29) is 12.6 Å². The molecule has 0 aromatic heterocycles. The van der Waals surface area contributed by atoms with Crippen molar-refractivity contribution in [2.24, 2.45) is 0 Å². The molecule has 0 aliphatic heterocycles. The van der Waals surface area contributed by atoms with Crippen molar-refractivity contribution in [3.8, 4) is 6.07 Å². The Hall–Kier alpha value is -1.57. The lowest BCUT2D eigenvalue weighted by Crippen LogP contribution is -2.26. The van der Waals surface area contributed by atoms with Crippen molar-refractivity contribution in [2.75, 3.05) is 25.6 Å². The number of ether oxygens (including phenoxy) is 1. The monoisotopic (exact) mass is 234 g/mol. The average molecular weight is 234 g/mol. The summed E-state index contributed by atoms with van der Waals surface area (Å²) in [6.45, 7) is 2.57. The van der Waals surface area contributed by atoms with Crippen LogP contribution in [0.25, 0.3) is 0 Å². The van der Waals surface area contributed by atoms with E-state index < -0.39 is 0 Å². The maximum absolute atomic E-state index is 8.94. The molecule has 0 aliphatic carbocycles. The van der Waals surface area contributed by atoms with Crippen molar-refractivity contribution in [2.45, 2.75) is 19.4 Å². The highest BCUT2D eigenvalue weighted by molar-refractivity contribution is 5.52. The molecule has 1 unspecified atom stereocenters. The van der Waals surface area contributed by atoms with E-state index in [4.69, 9.17) is 15.1 Å². The number of aliphatic hydroxyl groups excluding tert-OH is 1. The minimum atomic E-state index is 0.0809. The van der Waals surface area contributed by atoms with Gasteiger partial charge in [-0.2, -0.15) is 5.26 Å². The topological polar surface area (TPSA) is 65.3 Å². The molecule has 0 amide bonds. The molecule has 4 nitrogen and oxygen atoms in total. The Morgan fingerprint density at radius 2 is 2.29 bits per heavy atom. The van der Waals surface area contributed by atoms with Gasteiger partial charge in [-0.05, 0) is 37.1 Å². The van der Waals surface area contributed by atoms with E-state index in [9.17, 15) is 0 Å². The van der Waals surface area contributed by atoms with Crippen molar-refractivity contribution in [3.63, 3.8) is 0 Å². The van der Waals surface area contributed by atoms with Crippen LogP contribution in [0.1, 0.15) is 17.5 Å². The Morgan fingerprint density at radius 1 is 1.53 bits per heavy atom. The van der Waals surface area contributed by atoms with E-state index in [1.54, 1.807) is 13.2 Å². The number of nitriles is 1. The first kappa shape index (κ1) is 13.5. The van der Waals surface area contributed by atoms with Crippen molar-refractivity contribution < 1.29 is 9.84 Å². The molecule has 0 saturated heterocycles. The molecule has 17 heavy (non-hydrogen) atoms. The van der Waals surface area contributed by atoms with Gasteiger partial charge in [0, 0.05) is 19.4 Å². The average Bonchev–Trinajstić information content (AvgIpc) is 2.30. The van der Waals surface area contributed by atoms with E-state index in [0.29, 0.717) is 18.6 Å². The molecular formula is C13H18N2O2. The van der Waals surface area contributed by atoms with Crippen LogP contribution in [0.5, 0.6) is 0 Å². The molecule has 1 atom stereocenters. The number of rotatable bonds is 6. The van der Waals surface area contributed by atoms with Crippen LogP contribution < -0.4 is 5.32 Å². The highest BCUT2D eigenvalue weighted by atomic mass is 16.5. The van der Waals surface area contributed by atoms with Crippen LogP contribution in [0.4, 0.5) is 5.69 Å². The Labute approximate surface area is 102 Å². The normalized spacial score (nSPS) is 11.9. The predicted octanol–water partition coefficient (Wildman–Crippen LogP) is 1.68. The highest BCUT2D eigenvalue weighted by Crippen LogP contribution is 2.16. The van der Waals surface area contributed by atoms with Crippen molar-refractivity contribution in [1.29, 1.82) is 5.26 Å². The number of anilines is 1. The molecule has 0 fully saturated rings. The van der Waals surface area contributed by atoms with Gasteiger partial charge in [-0.25, -0.2) is 0 Å². The predicted molar refractivity (Wildman–Crippen MR) is 66.9 cm³/mol. The van der Waals surface area contributed by atoms with Crippen molar-refractivity contribution in [1.82, 2.24) is 0 Å². The van der Waals surface area contributed by atoms with Gasteiger partial charge in [0.05, 0.1) is 24.3 Å². The lowest BCUT2D eigenvalue weighted by atomic mass is 10.1. The molecule has 92 valence electrons. The third-order valence-corrected chi connectivity index (χ3v) is 2.56. The van der Waals surface area contributed by atoms with Gasteiger partial charge in [0.1, 0.15) is 0 Å². The molecule has 0 spiro atoms. The maximum Gasteiger partial charge on any atom is 0.0994 e. The van der Waals surface area contributed by atoms with Crippen LogP contribution in [-0.2, 0) is 4.74 Å². The Kier molecular flexibility index (Phi) is 5.47. The van der Waals surface area contributed by atoms with Crippen LogP contribution in [0.15, 0.2) is 18.2 Å². The lowest BCUT2D eigenvalue weighted by molar-refractivity contribution is 0.170. The number of hydrogen-bond donors (Lipinski definition) is 2. The van der Waals surface area contributed by atoms with Gasteiger partial charge < -0.3 is 15.2 Å². The largest absolute Gasteiger partial charge is 0.396 e. The zero-order valence-electron chi connectivity index (χ0n) is 10.2. The van der Waals surface area contributed by atoms with Gasteiger partial charge in [-0.1, -0.05) is 0 Å². The molecule has 1 rings (SSSR count). The molecule has 4 heteroatoms. The standard InChI is InChI=1S/C13H18N2O2/c1-10-7-12(4-3-11(10)8-14)15-13(5-6-16)9-17-2/h3-4,7,13,15-16H,5-6,9H2,1-2H3. The second kappa shape index (κ2) is 6.89. The smallest absolute Gasteiger partial charge is 0.0994 e. The molecular weight excluding hydrogens is 216 g/mol. The molecule has 0 aliphatic rings. The number of benzene rings is 1. The van der Waals surface area contributed by atoms with Gasteiger partial charge in [0.25, 0.3) is 0 Å². The summed E-state index contributed by atoms with van der Waals surface area (Å²) in [7, 11) is 1.64. The second-order valence-corrected chi connectivity index (χ2v) is 3.95. The first-order valence-electron chi connectivity index (χ1n) is 5.58. The van der Waals surface area contributed by atoms with Crippen molar-refractivity contribution in [3.05, 3.63) is 29.3 Å². The zero-order valence-corrected chi connectivity index (χ0v) is 10.2. The van der Waals surface area contributed by atoms with Crippen molar-refractivity contribution >= 4 is 5.69 Å². The van der Waals surface area contributed by atoms with Crippen LogP contribution >= 0.6 is 0 Å². The number of nitrogens with zero attached hydrogens (tertiary/aromatic N) is 1. The fourth-order valence-corrected chi connectivity index (χ4v) is 1.67. The summed E-state index contributed by atoms with van der Waals surface area (Å²) < 4.78 is 5.08. The minimum absolute atomic E-state index is 0.0809. The van der Waals surface area contributed by atoms with Gasteiger partial charge in [-0.3, -0.25) is 0 Å². The Morgan fingerprint density at radius 3 is 2.82 bits per heavy atom. The van der Waals surface area contributed by atoms with Crippen LogP contribution in [-0.4, -0.2) is 31.5 Å². The summed E-state index contributed by atoms with van der Waals surface area (Å²) in [5, 5.41) is 21.1. The number of nitrogens with one attached hydrogen (secondary N) is 1. The summed E-state index contributed by atoms with van der Waals surface area (Å²) in [5.74, 6) is 0. The molecule has 0 radical (unpaired) electrons. The number of aliphatic hydroxyl groups is 1. The van der Waals surface area contributed by atoms with Crippen LogP contribution in [0.3, 0.4) is 0 Å².